The van der Waals surface area contributed by atoms with E-state index in [4.69, 9.17) is 16.3 Å². The van der Waals surface area contributed by atoms with E-state index in [0.29, 0.717) is 5.92 Å². The third kappa shape index (κ3) is 2.66. The van der Waals surface area contributed by atoms with Crippen molar-refractivity contribution in [3.8, 4) is 5.75 Å². The Morgan fingerprint density at radius 2 is 1.71 bits per heavy atom. The second-order valence-electron chi connectivity index (χ2n) is 6.64. The van der Waals surface area contributed by atoms with Crippen molar-refractivity contribution < 1.29 is 4.74 Å². The first kappa shape index (κ1) is 15.5. The molecule has 0 aliphatic carbocycles. The van der Waals surface area contributed by atoms with Crippen molar-refractivity contribution >= 4 is 22.4 Å². The lowest BCUT2D eigenvalue weighted by Gasteiger charge is -2.36. The number of hydrogen-bond acceptors (Lipinski definition) is 2. The van der Waals surface area contributed by atoms with Gasteiger partial charge in [0, 0.05) is 22.2 Å². The molecule has 3 heteroatoms. The van der Waals surface area contributed by atoms with E-state index in [1.807, 2.05) is 24.3 Å². The van der Waals surface area contributed by atoms with Crippen molar-refractivity contribution in [1.29, 1.82) is 0 Å². The average Bonchev–Trinajstić information content (AvgIpc) is 2.61. The van der Waals surface area contributed by atoms with E-state index in [1.165, 1.54) is 16.3 Å². The van der Waals surface area contributed by atoms with Crippen molar-refractivity contribution in [2.45, 2.75) is 26.1 Å². The second kappa shape index (κ2) is 6.12. The molecule has 1 N–H and O–H groups in total. The first-order valence-electron chi connectivity index (χ1n) is 8.33. The molecular weight excluding hydrogens is 318 g/mol. The van der Waals surface area contributed by atoms with Crippen LogP contribution in [0.5, 0.6) is 5.75 Å². The van der Waals surface area contributed by atoms with Crippen LogP contribution in [0.1, 0.15) is 37.2 Å². The molecule has 2 atom stereocenters. The van der Waals surface area contributed by atoms with Gasteiger partial charge < -0.3 is 4.74 Å². The van der Waals surface area contributed by atoms with Gasteiger partial charge in [-0.05, 0) is 34.9 Å². The van der Waals surface area contributed by atoms with Gasteiger partial charge in [0.1, 0.15) is 5.75 Å². The first-order chi connectivity index (χ1) is 11.6. The van der Waals surface area contributed by atoms with Gasteiger partial charge in [0.25, 0.3) is 0 Å². The Hall–Kier alpha value is -2.03. The molecule has 2 unspecified atom stereocenters. The summed E-state index contributed by atoms with van der Waals surface area (Å²) in [7, 11) is 0. The average molecular weight is 338 g/mol. The van der Waals surface area contributed by atoms with E-state index >= 15 is 0 Å². The van der Waals surface area contributed by atoms with Gasteiger partial charge >= 0.3 is 0 Å². The van der Waals surface area contributed by atoms with Crippen LogP contribution in [0.25, 0.3) is 10.8 Å². The Balaban J connectivity index is 1.82. The van der Waals surface area contributed by atoms with Gasteiger partial charge in [-0.2, -0.15) is 0 Å². The van der Waals surface area contributed by atoms with Gasteiger partial charge in [-0.15, -0.1) is 0 Å². The zero-order chi connectivity index (χ0) is 16.7. The molecule has 4 rings (SSSR count). The van der Waals surface area contributed by atoms with Crippen LogP contribution in [0.15, 0.2) is 60.7 Å². The summed E-state index contributed by atoms with van der Waals surface area (Å²) in [6.07, 6.45) is -0.164. The number of fused-ring (bicyclic) bond motifs is 3. The fraction of sp³-hybridized carbons (Fsp3) is 0.238. The summed E-state index contributed by atoms with van der Waals surface area (Å²) < 4.78 is 6.29. The van der Waals surface area contributed by atoms with Crippen LogP contribution in [0, 0.1) is 5.92 Å². The molecule has 0 spiro atoms. The molecule has 1 heterocycles. The number of halogens is 1. The summed E-state index contributed by atoms with van der Waals surface area (Å²) in [5.74, 6) is 1.42. The molecule has 0 aromatic heterocycles. The Bertz CT molecular complexity index is 873. The van der Waals surface area contributed by atoms with E-state index in [1.54, 1.807) is 0 Å². The van der Waals surface area contributed by atoms with Gasteiger partial charge in [0.05, 0.1) is 0 Å². The van der Waals surface area contributed by atoms with Crippen LogP contribution in [-0.2, 0) is 0 Å². The molecule has 1 aliphatic heterocycles. The molecule has 3 aromatic carbocycles. The highest BCUT2D eigenvalue weighted by molar-refractivity contribution is 6.30. The number of nitrogens with one attached hydrogen (secondary N) is 1. The molecule has 3 aromatic rings. The molecule has 2 nitrogen and oxygen atoms in total. The maximum absolute atomic E-state index is 6.29. The van der Waals surface area contributed by atoms with Crippen LogP contribution >= 0.6 is 11.6 Å². The van der Waals surface area contributed by atoms with Crippen LogP contribution in [0.4, 0.5) is 0 Å². The molecular formula is C21H20ClNO. The van der Waals surface area contributed by atoms with Gasteiger partial charge in [0.15, 0.2) is 6.23 Å². The Morgan fingerprint density at radius 3 is 2.46 bits per heavy atom. The predicted molar refractivity (Wildman–Crippen MR) is 99.5 cm³/mol. The van der Waals surface area contributed by atoms with E-state index in [9.17, 15) is 0 Å². The van der Waals surface area contributed by atoms with E-state index in [2.05, 4.69) is 55.6 Å². The van der Waals surface area contributed by atoms with Crippen molar-refractivity contribution in [3.63, 3.8) is 0 Å². The molecule has 0 fully saturated rings. The fourth-order valence-corrected chi connectivity index (χ4v) is 3.56. The van der Waals surface area contributed by atoms with Gasteiger partial charge in [-0.3, -0.25) is 5.32 Å². The van der Waals surface area contributed by atoms with Crippen molar-refractivity contribution in [2.24, 2.45) is 5.92 Å². The zero-order valence-electron chi connectivity index (χ0n) is 13.8. The zero-order valence-corrected chi connectivity index (χ0v) is 14.5. The SMILES string of the molecule is CC(C)C1NC(c2ccc(Cl)cc2)Oc2ccc3ccccc3c21. The maximum atomic E-state index is 6.29. The monoisotopic (exact) mass is 337 g/mol. The summed E-state index contributed by atoms with van der Waals surface area (Å²) in [6.45, 7) is 4.49. The molecule has 1 aliphatic rings. The smallest absolute Gasteiger partial charge is 0.177 e. The van der Waals surface area contributed by atoms with E-state index < -0.39 is 0 Å². The van der Waals surface area contributed by atoms with Crippen LogP contribution in [0.2, 0.25) is 5.02 Å². The van der Waals surface area contributed by atoms with Crippen molar-refractivity contribution in [2.75, 3.05) is 0 Å². The Morgan fingerprint density at radius 1 is 0.958 bits per heavy atom. The minimum Gasteiger partial charge on any atom is -0.471 e. The summed E-state index contributed by atoms with van der Waals surface area (Å²) in [4.78, 5) is 0. The molecule has 24 heavy (non-hydrogen) atoms. The molecule has 0 saturated heterocycles. The lowest BCUT2D eigenvalue weighted by Crippen LogP contribution is -2.37. The number of ether oxygens (including phenoxy) is 1. The topological polar surface area (TPSA) is 21.3 Å². The number of benzene rings is 3. The Kier molecular flexibility index (Phi) is 3.95. The quantitative estimate of drug-likeness (QED) is 0.631. The third-order valence-electron chi connectivity index (χ3n) is 4.66. The summed E-state index contributed by atoms with van der Waals surface area (Å²) in [5.41, 5.74) is 2.34. The summed E-state index contributed by atoms with van der Waals surface area (Å²) in [5, 5.41) is 6.92. The van der Waals surface area contributed by atoms with E-state index in [0.717, 1.165) is 16.3 Å². The minimum atomic E-state index is -0.164. The van der Waals surface area contributed by atoms with Crippen molar-refractivity contribution in [3.05, 3.63) is 76.8 Å². The summed E-state index contributed by atoms with van der Waals surface area (Å²) in [6, 6.07) is 20.8. The Labute approximate surface area is 147 Å². The highest BCUT2D eigenvalue weighted by Gasteiger charge is 2.31. The maximum Gasteiger partial charge on any atom is 0.177 e. The standard InChI is InChI=1S/C21H20ClNO/c1-13(2)20-19-17-6-4-3-5-14(17)9-12-18(19)24-21(23-20)15-7-10-16(22)11-8-15/h3-13,20-21,23H,1-2H3. The molecule has 122 valence electrons. The lowest BCUT2D eigenvalue weighted by molar-refractivity contribution is 0.111. The van der Waals surface area contributed by atoms with Gasteiger partial charge in [0.2, 0.25) is 0 Å². The molecule has 0 radical (unpaired) electrons. The largest absolute Gasteiger partial charge is 0.471 e. The number of hydrogen-bond donors (Lipinski definition) is 1. The van der Waals surface area contributed by atoms with E-state index in [-0.39, 0.29) is 12.3 Å². The highest BCUT2D eigenvalue weighted by atomic mass is 35.5. The molecule has 0 saturated carbocycles. The third-order valence-corrected chi connectivity index (χ3v) is 4.91. The second-order valence-corrected chi connectivity index (χ2v) is 7.07. The van der Waals surface area contributed by atoms with Crippen LogP contribution in [0.3, 0.4) is 0 Å². The number of rotatable bonds is 2. The molecule has 0 amide bonds. The first-order valence-corrected chi connectivity index (χ1v) is 8.71. The molecule has 0 bridgehead atoms. The van der Waals surface area contributed by atoms with Crippen LogP contribution < -0.4 is 10.1 Å². The summed E-state index contributed by atoms with van der Waals surface area (Å²) >= 11 is 6.01. The van der Waals surface area contributed by atoms with Crippen LogP contribution in [-0.4, -0.2) is 0 Å². The van der Waals surface area contributed by atoms with Gasteiger partial charge in [-0.25, -0.2) is 0 Å². The lowest BCUT2D eigenvalue weighted by atomic mass is 9.89. The predicted octanol–water partition coefficient (Wildman–Crippen LogP) is 5.87. The normalized spacial score (nSPS) is 20.0. The highest BCUT2D eigenvalue weighted by Crippen LogP contribution is 2.42. The minimum absolute atomic E-state index is 0.164. The fourth-order valence-electron chi connectivity index (χ4n) is 3.43. The van der Waals surface area contributed by atoms with Crippen molar-refractivity contribution in [1.82, 2.24) is 5.32 Å². The van der Waals surface area contributed by atoms with Gasteiger partial charge in [-0.1, -0.05) is 67.9 Å².